The molecule has 0 spiro atoms. The van der Waals surface area contributed by atoms with Crippen LogP contribution in [0.5, 0.6) is 5.75 Å². The first-order chi connectivity index (χ1) is 16.5. The van der Waals surface area contributed by atoms with Gasteiger partial charge in [0, 0.05) is 10.7 Å². The van der Waals surface area contributed by atoms with Crippen molar-refractivity contribution in [1.29, 1.82) is 0 Å². The van der Waals surface area contributed by atoms with E-state index in [2.05, 4.69) is 10.3 Å². The summed E-state index contributed by atoms with van der Waals surface area (Å²) in [5.74, 6) is -0.165. The van der Waals surface area contributed by atoms with Gasteiger partial charge < -0.3 is 20.3 Å². The van der Waals surface area contributed by atoms with Gasteiger partial charge in [0.05, 0.1) is 25.8 Å². The SMILES string of the molecule is CC(Oc1ccc(Nc2nc(=O)n(CC(O)CO)c(=O)n2Cc2ccc(Cl)cc2)cc1)C(F)(F)F. The van der Waals surface area contributed by atoms with E-state index in [1.807, 2.05) is 0 Å². The van der Waals surface area contributed by atoms with Crippen LogP contribution in [0.3, 0.4) is 0 Å². The summed E-state index contributed by atoms with van der Waals surface area (Å²) in [6.45, 7) is -0.269. The lowest BCUT2D eigenvalue weighted by molar-refractivity contribution is -0.189. The predicted molar refractivity (Wildman–Crippen MR) is 122 cm³/mol. The molecule has 9 nitrogen and oxygen atoms in total. The number of alkyl halides is 3. The number of aliphatic hydroxyl groups is 2. The molecule has 0 amide bonds. The smallest absolute Gasteiger partial charge is 0.425 e. The third-order valence-electron chi connectivity index (χ3n) is 4.89. The van der Waals surface area contributed by atoms with Crippen molar-refractivity contribution < 1.29 is 28.1 Å². The number of benzene rings is 2. The van der Waals surface area contributed by atoms with Gasteiger partial charge in [-0.2, -0.15) is 18.2 Å². The fourth-order valence-electron chi connectivity index (χ4n) is 2.98. The van der Waals surface area contributed by atoms with E-state index < -0.39 is 42.9 Å². The van der Waals surface area contributed by atoms with Crippen molar-refractivity contribution in [3.8, 4) is 5.75 Å². The van der Waals surface area contributed by atoms with Crippen LogP contribution in [0.2, 0.25) is 5.02 Å². The molecule has 2 atom stereocenters. The normalized spacial score (nSPS) is 13.3. The van der Waals surface area contributed by atoms with Crippen molar-refractivity contribution >= 4 is 23.2 Å². The molecule has 188 valence electrons. The maximum atomic E-state index is 13.1. The highest BCUT2D eigenvalue weighted by Gasteiger charge is 2.38. The summed E-state index contributed by atoms with van der Waals surface area (Å²) >= 11 is 5.91. The Morgan fingerprint density at radius 2 is 1.71 bits per heavy atom. The van der Waals surface area contributed by atoms with Crippen molar-refractivity contribution in [1.82, 2.24) is 14.1 Å². The van der Waals surface area contributed by atoms with Crippen LogP contribution in [-0.4, -0.2) is 49.3 Å². The minimum atomic E-state index is -4.52. The lowest BCUT2D eigenvalue weighted by atomic mass is 10.2. The first-order valence-electron chi connectivity index (χ1n) is 10.3. The zero-order valence-corrected chi connectivity index (χ0v) is 19.1. The molecule has 3 N–H and O–H groups in total. The molecule has 3 aromatic rings. The van der Waals surface area contributed by atoms with Crippen LogP contribution in [0.1, 0.15) is 12.5 Å². The third-order valence-corrected chi connectivity index (χ3v) is 5.14. The van der Waals surface area contributed by atoms with E-state index >= 15 is 0 Å². The monoisotopic (exact) mass is 514 g/mol. The molecule has 0 aliphatic heterocycles. The van der Waals surface area contributed by atoms with E-state index in [-0.39, 0.29) is 18.2 Å². The van der Waals surface area contributed by atoms with E-state index in [9.17, 15) is 27.9 Å². The Hall–Kier alpha value is -3.35. The van der Waals surface area contributed by atoms with Crippen LogP contribution in [0.25, 0.3) is 0 Å². The van der Waals surface area contributed by atoms with Crippen LogP contribution >= 0.6 is 11.6 Å². The van der Waals surface area contributed by atoms with E-state index in [1.165, 1.54) is 24.3 Å². The highest BCUT2D eigenvalue weighted by atomic mass is 35.5. The highest BCUT2D eigenvalue weighted by molar-refractivity contribution is 6.30. The van der Waals surface area contributed by atoms with Gasteiger partial charge in [-0.3, -0.25) is 4.57 Å². The van der Waals surface area contributed by atoms with E-state index in [1.54, 1.807) is 24.3 Å². The Bertz CT molecular complexity index is 1260. The quantitative estimate of drug-likeness (QED) is 0.401. The number of hydrogen-bond acceptors (Lipinski definition) is 7. The standard InChI is InChI=1S/C22H22ClF3N4O5/c1-13(22(24,25)26)35-18-8-6-16(7-9-18)27-19-28-20(33)30(11-17(32)12-31)21(34)29(19)10-14-2-4-15(23)5-3-14/h2-9,13,17,31-32H,10-12H2,1H3,(H,27,28,33). The minimum absolute atomic E-state index is 0.0227. The number of aliphatic hydroxyl groups excluding tert-OH is 2. The number of halogens is 4. The molecule has 1 heterocycles. The van der Waals surface area contributed by atoms with Crippen molar-refractivity contribution in [3.63, 3.8) is 0 Å². The van der Waals surface area contributed by atoms with Crippen molar-refractivity contribution in [3.05, 3.63) is 80.1 Å². The summed E-state index contributed by atoms with van der Waals surface area (Å²) in [4.78, 5) is 29.5. The average Bonchev–Trinajstić information content (AvgIpc) is 2.80. The van der Waals surface area contributed by atoms with Crippen LogP contribution in [0.4, 0.5) is 24.8 Å². The molecule has 0 saturated carbocycles. The molecule has 1 aromatic heterocycles. The van der Waals surface area contributed by atoms with Crippen molar-refractivity contribution in [2.45, 2.75) is 38.4 Å². The summed E-state index contributed by atoms with van der Waals surface area (Å²) in [6.07, 6.45) is -7.88. The predicted octanol–water partition coefficient (Wildman–Crippen LogP) is 2.53. The van der Waals surface area contributed by atoms with Crippen LogP contribution in [0.15, 0.2) is 58.1 Å². The number of nitrogens with one attached hydrogen (secondary N) is 1. The van der Waals surface area contributed by atoms with E-state index in [4.69, 9.17) is 21.4 Å². The maximum absolute atomic E-state index is 13.1. The number of anilines is 2. The molecule has 13 heteroatoms. The van der Waals surface area contributed by atoms with Gasteiger partial charge in [0.15, 0.2) is 6.10 Å². The molecule has 0 saturated heterocycles. The number of ether oxygens (including phenoxy) is 1. The van der Waals surface area contributed by atoms with Gasteiger partial charge in [-0.1, -0.05) is 23.7 Å². The van der Waals surface area contributed by atoms with Gasteiger partial charge in [0.2, 0.25) is 5.95 Å². The minimum Gasteiger partial charge on any atom is -0.481 e. The van der Waals surface area contributed by atoms with Crippen molar-refractivity contribution in [2.24, 2.45) is 0 Å². The summed E-state index contributed by atoms with van der Waals surface area (Å²) in [5, 5.41) is 22.1. The number of rotatable bonds is 9. The summed E-state index contributed by atoms with van der Waals surface area (Å²) in [6, 6.07) is 12.0. The van der Waals surface area contributed by atoms with Gasteiger partial charge in [-0.25, -0.2) is 14.2 Å². The summed E-state index contributed by atoms with van der Waals surface area (Å²) in [5.41, 5.74) is -0.786. The number of nitrogens with zero attached hydrogens (tertiary/aromatic N) is 3. The number of aromatic nitrogens is 3. The summed E-state index contributed by atoms with van der Waals surface area (Å²) < 4.78 is 44.8. The van der Waals surface area contributed by atoms with Gasteiger partial charge in [0.25, 0.3) is 0 Å². The van der Waals surface area contributed by atoms with Gasteiger partial charge in [0.1, 0.15) is 5.75 Å². The molecule has 2 unspecified atom stereocenters. The zero-order chi connectivity index (χ0) is 25.8. The van der Waals surface area contributed by atoms with Crippen LogP contribution in [0, 0.1) is 0 Å². The average molecular weight is 515 g/mol. The molecular weight excluding hydrogens is 493 g/mol. The Kier molecular flexibility index (Phi) is 8.20. The molecule has 35 heavy (non-hydrogen) atoms. The first-order valence-corrected chi connectivity index (χ1v) is 10.7. The first kappa shape index (κ1) is 26.3. The number of hydrogen-bond donors (Lipinski definition) is 3. The maximum Gasteiger partial charge on any atom is 0.425 e. The highest BCUT2D eigenvalue weighted by Crippen LogP contribution is 2.26. The molecule has 3 rings (SSSR count). The summed E-state index contributed by atoms with van der Waals surface area (Å²) in [7, 11) is 0. The van der Waals surface area contributed by atoms with Gasteiger partial charge >= 0.3 is 17.6 Å². The molecular formula is C22H22ClF3N4O5. The van der Waals surface area contributed by atoms with Crippen LogP contribution < -0.4 is 21.4 Å². The van der Waals surface area contributed by atoms with Crippen molar-refractivity contribution in [2.75, 3.05) is 11.9 Å². The fraction of sp³-hybridized carbons (Fsp3) is 0.318. The Balaban J connectivity index is 1.95. The Labute approximate surface area is 202 Å². The molecule has 0 fully saturated rings. The van der Waals surface area contributed by atoms with Crippen LogP contribution in [-0.2, 0) is 13.1 Å². The van der Waals surface area contributed by atoms with Gasteiger partial charge in [-0.15, -0.1) is 0 Å². The second-order valence-corrected chi connectivity index (χ2v) is 8.05. The topological polar surface area (TPSA) is 119 Å². The Morgan fingerprint density at radius 3 is 2.29 bits per heavy atom. The fourth-order valence-corrected chi connectivity index (χ4v) is 3.11. The molecule has 2 aromatic carbocycles. The molecule has 0 radical (unpaired) electrons. The largest absolute Gasteiger partial charge is 0.481 e. The van der Waals surface area contributed by atoms with Gasteiger partial charge in [-0.05, 0) is 48.9 Å². The third kappa shape index (κ3) is 6.84. The molecule has 0 aliphatic rings. The zero-order valence-electron chi connectivity index (χ0n) is 18.4. The van der Waals surface area contributed by atoms with E-state index in [0.29, 0.717) is 20.8 Å². The van der Waals surface area contributed by atoms with E-state index in [0.717, 1.165) is 11.5 Å². The lowest BCUT2D eigenvalue weighted by Gasteiger charge is -2.18. The molecule has 0 aliphatic carbocycles. The lowest BCUT2D eigenvalue weighted by Crippen LogP contribution is -2.45. The molecule has 0 bridgehead atoms. The second kappa shape index (κ2) is 10.9. The Morgan fingerprint density at radius 1 is 1.09 bits per heavy atom. The second-order valence-electron chi connectivity index (χ2n) is 7.61.